The van der Waals surface area contributed by atoms with Crippen LogP contribution in [0.1, 0.15) is 24.0 Å². The van der Waals surface area contributed by atoms with E-state index < -0.39 is 0 Å². The van der Waals surface area contributed by atoms with Gasteiger partial charge in [-0.15, -0.1) is 0 Å². The average Bonchev–Trinajstić information content (AvgIpc) is 2.42. The van der Waals surface area contributed by atoms with Gasteiger partial charge in [-0.2, -0.15) is 5.26 Å². The third-order valence-electron chi connectivity index (χ3n) is 3.27. The SMILES string of the molecule is N#Cc1ccc(CNCC2CCOCC2)c(Cl)c1. The second-order valence-corrected chi connectivity index (χ2v) is 5.01. The number of nitrogens with one attached hydrogen (secondary N) is 1. The first-order valence-corrected chi connectivity index (χ1v) is 6.64. The molecule has 0 amide bonds. The number of hydrogen-bond acceptors (Lipinski definition) is 3. The minimum absolute atomic E-state index is 0.605. The molecule has 1 aliphatic heterocycles. The van der Waals surface area contributed by atoms with Crippen LogP contribution in [0.5, 0.6) is 0 Å². The summed E-state index contributed by atoms with van der Waals surface area (Å²) in [6, 6.07) is 7.52. The predicted molar refractivity (Wildman–Crippen MR) is 71.4 cm³/mol. The predicted octanol–water partition coefficient (Wildman–Crippen LogP) is 2.73. The highest BCUT2D eigenvalue weighted by Crippen LogP contribution is 2.18. The highest BCUT2D eigenvalue weighted by Gasteiger charge is 2.13. The van der Waals surface area contributed by atoms with E-state index in [2.05, 4.69) is 11.4 Å². The number of rotatable bonds is 4. The summed E-state index contributed by atoms with van der Waals surface area (Å²) in [5.74, 6) is 0.705. The van der Waals surface area contributed by atoms with Gasteiger partial charge in [0, 0.05) is 24.8 Å². The second-order valence-electron chi connectivity index (χ2n) is 4.60. The van der Waals surface area contributed by atoms with Gasteiger partial charge in [-0.25, -0.2) is 0 Å². The first kappa shape index (κ1) is 13.4. The molecule has 0 saturated carbocycles. The molecule has 1 N–H and O–H groups in total. The van der Waals surface area contributed by atoms with Gasteiger partial charge in [0.25, 0.3) is 0 Å². The van der Waals surface area contributed by atoms with E-state index in [1.165, 1.54) is 0 Å². The molecule has 0 bridgehead atoms. The maximum atomic E-state index is 8.76. The highest BCUT2D eigenvalue weighted by molar-refractivity contribution is 6.31. The minimum atomic E-state index is 0.605. The van der Waals surface area contributed by atoms with E-state index in [1.54, 1.807) is 12.1 Å². The molecule has 1 saturated heterocycles. The lowest BCUT2D eigenvalue weighted by atomic mass is 10.0. The van der Waals surface area contributed by atoms with Gasteiger partial charge in [0.1, 0.15) is 0 Å². The largest absolute Gasteiger partial charge is 0.381 e. The van der Waals surface area contributed by atoms with E-state index in [4.69, 9.17) is 21.6 Å². The van der Waals surface area contributed by atoms with Gasteiger partial charge in [0.15, 0.2) is 0 Å². The van der Waals surface area contributed by atoms with Gasteiger partial charge in [-0.3, -0.25) is 0 Å². The third kappa shape index (κ3) is 3.71. The summed E-state index contributed by atoms with van der Waals surface area (Å²) in [6.07, 6.45) is 2.27. The van der Waals surface area contributed by atoms with Crippen LogP contribution < -0.4 is 5.32 Å². The Kier molecular flexibility index (Phi) is 5.00. The van der Waals surface area contributed by atoms with Crippen molar-refractivity contribution in [3.05, 3.63) is 34.3 Å². The zero-order valence-corrected chi connectivity index (χ0v) is 11.0. The van der Waals surface area contributed by atoms with Crippen LogP contribution >= 0.6 is 11.6 Å². The maximum Gasteiger partial charge on any atom is 0.0992 e. The zero-order chi connectivity index (χ0) is 12.8. The topological polar surface area (TPSA) is 45.0 Å². The van der Waals surface area contributed by atoms with E-state index in [9.17, 15) is 0 Å². The summed E-state index contributed by atoms with van der Waals surface area (Å²) in [6.45, 7) is 3.51. The van der Waals surface area contributed by atoms with E-state index in [-0.39, 0.29) is 0 Å². The molecule has 1 aromatic carbocycles. The molecule has 0 radical (unpaired) electrons. The van der Waals surface area contributed by atoms with Crippen LogP contribution in [0.4, 0.5) is 0 Å². The maximum absolute atomic E-state index is 8.76. The Balaban J connectivity index is 1.81. The molecule has 0 unspecified atom stereocenters. The van der Waals surface area contributed by atoms with Crippen molar-refractivity contribution in [2.75, 3.05) is 19.8 Å². The number of ether oxygens (including phenoxy) is 1. The fraction of sp³-hybridized carbons (Fsp3) is 0.500. The molecule has 0 spiro atoms. The summed E-state index contributed by atoms with van der Waals surface area (Å²) in [7, 11) is 0. The molecule has 1 aliphatic rings. The van der Waals surface area contributed by atoms with E-state index in [1.807, 2.05) is 6.07 Å². The number of hydrogen-bond donors (Lipinski definition) is 1. The summed E-state index contributed by atoms with van der Waals surface area (Å²) in [5, 5.41) is 12.9. The molecule has 1 heterocycles. The third-order valence-corrected chi connectivity index (χ3v) is 3.62. The van der Waals surface area contributed by atoms with Crippen LogP contribution in [0.2, 0.25) is 5.02 Å². The molecule has 0 aliphatic carbocycles. The van der Waals surface area contributed by atoms with Crippen LogP contribution in [0.25, 0.3) is 0 Å². The second kappa shape index (κ2) is 6.75. The Morgan fingerprint density at radius 2 is 2.17 bits per heavy atom. The first-order valence-electron chi connectivity index (χ1n) is 6.26. The van der Waals surface area contributed by atoms with Crippen molar-refractivity contribution in [3.8, 4) is 6.07 Å². The number of benzene rings is 1. The Bertz CT molecular complexity index is 436. The number of nitrogens with zero attached hydrogens (tertiary/aromatic N) is 1. The van der Waals surface area contributed by atoms with Crippen molar-refractivity contribution in [3.63, 3.8) is 0 Å². The van der Waals surface area contributed by atoms with E-state index in [0.29, 0.717) is 16.5 Å². The van der Waals surface area contributed by atoms with Crippen LogP contribution in [-0.2, 0) is 11.3 Å². The van der Waals surface area contributed by atoms with Crippen LogP contribution in [0, 0.1) is 17.2 Å². The zero-order valence-electron chi connectivity index (χ0n) is 10.3. The molecule has 18 heavy (non-hydrogen) atoms. The van der Waals surface area contributed by atoms with Gasteiger partial charge in [-0.1, -0.05) is 17.7 Å². The number of nitriles is 1. The first-order chi connectivity index (χ1) is 8.79. The summed E-state index contributed by atoms with van der Waals surface area (Å²) < 4.78 is 5.33. The van der Waals surface area contributed by atoms with Crippen molar-refractivity contribution in [1.82, 2.24) is 5.32 Å². The van der Waals surface area contributed by atoms with Crippen molar-refractivity contribution in [1.29, 1.82) is 5.26 Å². The molecule has 2 rings (SSSR count). The van der Waals surface area contributed by atoms with Gasteiger partial charge in [0.05, 0.1) is 11.6 Å². The fourth-order valence-corrected chi connectivity index (χ4v) is 2.37. The molecule has 4 heteroatoms. The molecule has 0 aromatic heterocycles. The van der Waals surface area contributed by atoms with Gasteiger partial charge in [0.2, 0.25) is 0 Å². The lowest BCUT2D eigenvalue weighted by molar-refractivity contribution is 0.0662. The highest BCUT2D eigenvalue weighted by atomic mass is 35.5. The van der Waals surface area contributed by atoms with E-state index >= 15 is 0 Å². The standard InChI is InChI=1S/C14H17ClN2O/c15-14-7-12(8-16)1-2-13(14)10-17-9-11-3-5-18-6-4-11/h1-2,7,11,17H,3-6,9-10H2. The lowest BCUT2D eigenvalue weighted by Gasteiger charge is -2.22. The lowest BCUT2D eigenvalue weighted by Crippen LogP contribution is -2.27. The molecular formula is C14H17ClN2O. The summed E-state index contributed by atoms with van der Waals surface area (Å²) in [4.78, 5) is 0. The molecule has 1 fully saturated rings. The average molecular weight is 265 g/mol. The minimum Gasteiger partial charge on any atom is -0.381 e. The smallest absolute Gasteiger partial charge is 0.0992 e. The van der Waals surface area contributed by atoms with Crippen molar-refractivity contribution < 1.29 is 4.74 Å². The molecule has 1 aromatic rings. The van der Waals surface area contributed by atoms with Crippen LogP contribution in [0.15, 0.2) is 18.2 Å². The summed E-state index contributed by atoms with van der Waals surface area (Å²) >= 11 is 6.12. The normalized spacial score (nSPS) is 16.4. The quantitative estimate of drug-likeness (QED) is 0.910. The van der Waals surface area contributed by atoms with Gasteiger partial charge in [-0.05, 0) is 43.0 Å². The Hall–Kier alpha value is -1.08. The number of halogens is 1. The van der Waals surface area contributed by atoms with Crippen molar-refractivity contribution in [2.45, 2.75) is 19.4 Å². The monoisotopic (exact) mass is 264 g/mol. The van der Waals surface area contributed by atoms with E-state index in [0.717, 1.165) is 44.7 Å². The Morgan fingerprint density at radius 3 is 2.83 bits per heavy atom. The Labute approximate surface area is 113 Å². The summed E-state index contributed by atoms with van der Waals surface area (Å²) in [5.41, 5.74) is 1.65. The van der Waals surface area contributed by atoms with Crippen molar-refractivity contribution in [2.24, 2.45) is 5.92 Å². The molecule has 96 valence electrons. The van der Waals surface area contributed by atoms with Gasteiger partial charge >= 0.3 is 0 Å². The van der Waals surface area contributed by atoms with Crippen molar-refractivity contribution >= 4 is 11.6 Å². The van der Waals surface area contributed by atoms with Crippen LogP contribution in [0.3, 0.4) is 0 Å². The fourth-order valence-electron chi connectivity index (χ4n) is 2.12. The molecule has 0 atom stereocenters. The van der Waals surface area contributed by atoms with Crippen LogP contribution in [-0.4, -0.2) is 19.8 Å². The van der Waals surface area contributed by atoms with Gasteiger partial charge < -0.3 is 10.1 Å². The molecular weight excluding hydrogens is 248 g/mol. The Morgan fingerprint density at radius 1 is 1.39 bits per heavy atom. The molecule has 3 nitrogen and oxygen atoms in total.